The molecule has 3 heterocycles. The molecule has 5 rings (SSSR count). The monoisotopic (exact) mass is 443 g/mol. The van der Waals surface area contributed by atoms with E-state index in [9.17, 15) is 9.59 Å². The average molecular weight is 444 g/mol. The fourth-order valence-corrected chi connectivity index (χ4v) is 4.99. The molecule has 0 spiro atoms. The second-order valence-electron chi connectivity index (χ2n) is 8.87. The molecule has 0 fully saturated rings. The molecule has 0 atom stereocenters. The lowest BCUT2D eigenvalue weighted by atomic mass is 9.95. The van der Waals surface area contributed by atoms with Gasteiger partial charge in [-0.25, -0.2) is 4.79 Å². The lowest BCUT2D eigenvalue weighted by molar-refractivity contribution is -0.135. The Morgan fingerprint density at radius 3 is 2.61 bits per heavy atom. The maximum Gasteiger partial charge on any atom is 0.339 e. The van der Waals surface area contributed by atoms with Crippen LogP contribution >= 0.6 is 0 Å². The van der Waals surface area contributed by atoms with Crippen molar-refractivity contribution in [1.29, 1.82) is 0 Å². The molecule has 1 aromatic heterocycles. The van der Waals surface area contributed by atoms with Crippen molar-refractivity contribution in [2.45, 2.75) is 39.3 Å². The van der Waals surface area contributed by atoms with Gasteiger partial charge < -0.3 is 9.64 Å². The Hall–Kier alpha value is -3.25. The summed E-state index contributed by atoms with van der Waals surface area (Å²) in [7, 11) is 0. The second kappa shape index (κ2) is 9.32. The zero-order valence-corrected chi connectivity index (χ0v) is 19.0. The van der Waals surface area contributed by atoms with Crippen LogP contribution in [0, 0.1) is 0 Å². The summed E-state index contributed by atoms with van der Waals surface area (Å²) in [5, 5.41) is 0.791. The molecule has 1 amide bonds. The largest absolute Gasteiger partial charge is 0.452 e. The molecule has 0 bridgehead atoms. The van der Waals surface area contributed by atoms with Gasteiger partial charge in [0.1, 0.15) is 0 Å². The van der Waals surface area contributed by atoms with Crippen LogP contribution in [0.25, 0.3) is 10.9 Å². The van der Waals surface area contributed by atoms with Crippen LogP contribution in [-0.2, 0) is 35.5 Å². The van der Waals surface area contributed by atoms with Crippen LogP contribution in [0.1, 0.15) is 46.1 Å². The molecule has 2 aliphatic rings. The van der Waals surface area contributed by atoms with E-state index in [4.69, 9.17) is 9.72 Å². The predicted molar refractivity (Wildman–Crippen MR) is 127 cm³/mol. The van der Waals surface area contributed by atoms with E-state index in [-0.39, 0.29) is 12.5 Å². The summed E-state index contributed by atoms with van der Waals surface area (Å²) >= 11 is 0. The first-order chi connectivity index (χ1) is 16.1. The number of aromatic nitrogens is 1. The predicted octanol–water partition coefficient (Wildman–Crippen LogP) is 3.74. The number of hydrogen-bond donors (Lipinski definition) is 0. The standard InChI is InChI=1S/C27H29N3O3/c1-2-13-29-14-12-24-22(17-29)26(21-9-5-6-10-23(21)28-24)27(32)33-18-25(31)30-15-11-19-7-3-4-8-20(19)16-30/h3-10H,2,11-18H2,1H3. The van der Waals surface area contributed by atoms with Crippen molar-refractivity contribution >= 4 is 22.8 Å². The van der Waals surface area contributed by atoms with Crippen LogP contribution in [0.5, 0.6) is 0 Å². The van der Waals surface area contributed by atoms with Crippen molar-refractivity contribution in [3.63, 3.8) is 0 Å². The summed E-state index contributed by atoms with van der Waals surface area (Å²) in [5.74, 6) is -0.591. The molecule has 170 valence electrons. The zero-order chi connectivity index (χ0) is 22.8. The van der Waals surface area contributed by atoms with Gasteiger partial charge in [-0.15, -0.1) is 0 Å². The number of nitrogens with zero attached hydrogens (tertiary/aromatic N) is 3. The molecule has 3 aromatic rings. The zero-order valence-electron chi connectivity index (χ0n) is 19.0. The van der Waals surface area contributed by atoms with E-state index in [1.807, 2.05) is 36.4 Å². The van der Waals surface area contributed by atoms with Gasteiger partial charge in [0.2, 0.25) is 0 Å². The first-order valence-corrected chi connectivity index (χ1v) is 11.8. The maximum absolute atomic E-state index is 13.3. The summed E-state index contributed by atoms with van der Waals surface area (Å²) in [6.07, 6.45) is 2.70. The van der Waals surface area contributed by atoms with Crippen LogP contribution in [0.2, 0.25) is 0 Å². The van der Waals surface area contributed by atoms with Crippen LogP contribution in [0.15, 0.2) is 48.5 Å². The van der Waals surface area contributed by atoms with Gasteiger partial charge in [-0.05, 0) is 36.6 Å². The number of ether oxygens (including phenoxy) is 1. The first-order valence-electron chi connectivity index (χ1n) is 11.8. The normalized spacial score (nSPS) is 15.7. The number of carbonyl (C=O) groups is 2. The van der Waals surface area contributed by atoms with Crippen molar-refractivity contribution in [1.82, 2.24) is 14.8 Å². The minimum absolute atomic E-state index is 0.155. The number of amides is 1. The lowest BCUT2D eigenvalue weighted by Gasteiger charge is -2.30. The molecule has 0 radical (unpaired) electrons. The maximum atomic E-state index is 13.3. The van der Waals surface area contributed by atoms with Gasteiger partial charge in [-0.1, -0.05) is 49.4 Å². The highest BCUT2D eigenvalue weighted by Crippen LogP contribution is 2.29. The fraction of sp³-hybridized carbons (Fsp3) is 0.370. The number of carbonyl (C=O) groups excluding carboxylic acids is 2. The number of para-hydroxylation sites is 1. The molecule has 2 aromatic carbocycles. The van der Waals surface area contributed by atoms with Crippen LogP contribution in [-0.4, -0.2) is 52.9 Å². The molecule has 6 heteroatoms. The molecule has 0 N–H and O–H groups in total. The van der Waals surface area contributed by atoms with Crippen LogP contribution in [0.4, 0.5) is 0 Å². The van der Waals surface area contributed by atoms with E-state index in [1.54, 1.807) is 4.90 Å². The van der Waals surface area contributed by atoms with Crippen LogP contribution in [0.3, 0.4) is 0 Å². The third kappa shape index (κ3) is 4.35. The van der Waals surface area contributed by atoms with Crippen molar-refractivity contribution in [2.24, 2.45) is 0 Å². The molecular weight excluding hydrogens is 414 g/mol. The Morgan fingerprint density at radius 1 is 0.970 bits per heavy atom. The first kappa shape index (κ1) is 21.6. The Balaban J connectivity index is 1.36. The molecule has 0 saturated heterocycles. The highest BCUT2D eigenvalue weighted by atomic mass is 16.5. The second-order valence-corrected chi connectivity index (χ2v) is 8.87. The Morgan fingerprint density at radius 2 is 1.76 bits per heavy atom. The third-order valence-electron chi connectivity index (χ3n) is 6.68. The number of benzene rings is 2. The van der Waals surface area contributed by atoms with E-state index in [1.165, 1.54) is 5.56 Å². The summed E-state index contributed by atoms with van der Waals surface area (Å²) in [5.41, 5.74) is 5.71. The van der Waals surface area contributed by atoms with Gasteiger partial charge in [-0.3, -0.25) is 14.7 Å². The number of rotatable bonds is 5. The van der Waals surface area contributed by atoms with Crippen LogP contribution < -0.4 is 0 Å². The van der Waals surface area contributed by atoms with E-state index in [0.29, 0.717) is 25.2 Å². The molecule has 0 saturated carbocycles. The highest BCUT2D eigenvalue weighted by Gasteiger charge is 2.28. The summed E-state index contributed by atoms with van der Waals surface area (Å²) in [4.78, 5) is 35.2. The smallest absolute Gasteiger partial charge is 0.339 e. The third-order valence-corrected chi connectivity index (χ3v) is 6.68. The summed E-state index contributed by atoms with van der Waals surface area (Å²) < 4.78 is 5.62. The number of hydrogen-bond acceptors (Lipinski definition) is 5. The molecule has 6 nitrogen and oxygen atoms in total. The molecule has 33 heavy (non-hydrogen) atoms. The minimum atomic E-state index is -0.436. The Bertz CT molecular complexity index is 1210. The van der Waals surface area contributed by atoms with Crippen molar-refractivity contribution in [2.75, 3.05) is 26.2 Å². The quantitative estimate of drug-likeness (QED) is 0.562. The number of esters is 1. The van der Waals surface area contributed by atoms with Crippen molar-refractivity contribution in [3.8, 4) is 0 Å². The van der Waals surface area contributed by atoms with E-state index in [0.717, 1.165) is 60.1 Å². The average Bonchev–Trinajstić information content (AvgIpc) is 2.85. The van der Waals surface area contributed by atoms with Gasteiger partial charge >= 0.3 is 5.97 Å². The van der Waals surface area contributed by atoms with Crippen molar-refractivity contribution in [3.05, 3.63) is 76.5 Å². The molecule has 0 unspecified atom stereocenters. The Kier molecular flexibility index (Phi) is 6.09. The minimum Gasteiger partial charge on any atom is -0.452 e. The van der Waals surface area contributed by atoms with Gasteiger partial charge in [-0.2, -0.15) is 0 Å². The van der Waals surface area contributed by atoms with E-state index >= 15 is 0 Å². The molecular formula is C27H29N3O3. The molecule has 0 aliphatic carbocycles. The number of fused-ring (bicyclic) bond motifs is 3. The summed E-state index contributed by atoms with van der Waals surface area (Å²) in [6.45, 7) is 5.73. The number of pyridine rings is 1. The van der Waals surface area contributed by atoms with Gasteiger partial charge in [0.05, 0.1) is 11.1 Å². The topological polar surface area (TPSA) is 62.7 Å². The van der Waals surface area contributed by atoms with Gasteiger partial charge in [0, 0.05) is 49.2 Å². The summed E-state index contributed by atoms with van der Waals surface area (Å²) in [6, 6.07) is 15.9. The fourth-order valence-electron chi connectivity index (χ4n) is 4.99. The van der Waals surface area contributed by atoms with Gasteiger partial charge in [0.25, 0.3) is 5.91 Å². The van der Waals surface area contributed by atoms with Crippen molar-refractivity contribution < 1.29 is 14.3 Å². The lowest BCUT2D eigenvalue weighted by Crippen LogP contribution is -2.38. The highest BCUT2D eigenvalue weighted by molar-refractivity contribution is 6.05. The molecule has 2 aliphatic heterocycles. The Labute approximate surface area is 194 Å². The van der Waals surface area contributed by atoms with E-state index in [2.05, 4.69) is 24.0 Å². The van der Waals surface area contributed by atoms with E-state index < -0.39 is 5.97 Å². The van der Waals surface area contributed by atoms with Gasteiger partial charge in [0.15, 0.2) is 6.61 Å². The SMILES string of the molecule is CCCN1CCc2nc3ccccc3c(C(=O)OCC(=O)N3CCc4ccccc4C3)c2C1.